The Kier molecular flexibility index (Phi) is 9.93. The lowest BCUT2D eigenvalue weighted by molar-refractivity contribution is -0.141. The number of nitrogens with one attached hydrogen (secondary N) is 1. The smallest absolute Gasteiger partial charge is 0.242 e. The topological polar surface area (TPSA) is 96.0 Å². The number of anilines is 1. The standard InChI is InChI=1S/C27H39N3O5S/c1-20-13-15-22(16-14-20)19-29(21(2)26(32)28-27(3,4)5)25(31)12-9-17-30(36(7,33)34)23-10-8-11-24(18-23)35-6/h8,10-11,13-16,18,21H,9,12,17,19H2,1-7H3,(H,28,32)/t21-/m0/s1. The molecule has 2 rings (SSSR count). The molecule has 2 amide bonds. The molecule has 2 aromatic carbocycles. The van der Waals surface area contributed by atoms with Crippen molar-refractivity contribution >= 4 is 27.5 Å². The Morgan fingerprint density at radius 3 is 2.28 bits per heavy atom. The Balaban J connectivity index is 2.19. The van der Waals surface area contributed by atoms with Gasteiger partial charge in [-0.15, -0.1) is 0 Å². The van der Waals surface area contributed by atoms with Gasteiger partial charge >= 0.3 is 0 Å². The van der Waals surface area contributed by atoms with Crippen LogP contribution >= 0.6 is 0 Å². The van der Waals surface area contributed by atoms with E-state index < -0.39 is 21.6 Å². The van der Waals surface area contributed by atoms with Crippen LogP contribution in [0.1, 0.15) is 51.7 Å². The predicted molar refractivity (Wildman–Crippen MR) is 144 cm³/mol. The zero-order valence-electron chi connectivity index (χ0n) is 22.4. The second-order valence-electron chi connectivity index (χ2n) is 10.1. The number of nitrogens with zero attached hydrogens (tertiary/aromatic N) is 2. The van der Waals surface area contributed by atoms with Crippen molar-refractivity contribution in [1.29, 1.82) is 0 Å². The van der Waals surface area contributed by atoms with Crippen LogP contribution in [0.4, 0.5) is 5.69 Å². The van der Waals surface area contributed by atoms with Gasteiger partial charge in [-0.1, -0.05) is 35.9 Å². The van der Waals surface area contributed by atoms with Crippen LogP contribution in [0, 0.1) is 6.92 Å². The van der Waals surface area contributed by atoms with E-state index in [0.717, 1.165) is 17.4 Å². The summed E-state index contributed by atoms with van der Waals surface area (Å²) in [6.07, 6.45) is 1.52. The molecule has 198 valence electrons. The van der Waals surface area contributed by atoms with E-state index in [1.165, 1.54) is 11.4 Å². The predicted octanol–water partition coefficient (Wildman–Crippen LogP) is 3.88. The van der Waals surface area contributed by atoms with Crippen molar-refractivity contribution in [2.75, 3.05) is 24.2 Å². The molecule has 0 radical (unpaired) electrons. The number of sulfonamides is 1. The van der Waals surface area contributed by atoms with Crippen LogP contribution in [0.5, 0.6) is 5.75 Å². The quantitative estimate of drug-likeness (QED) is 0.488. The number of carbonyl (C=O) groups excluding carboxylic acids is 2. The van der Waals surface area contributed by atoms with Gasteiger partial charge in [0.15, 0.2) is 0 Å². The zero-order chi connectivity index (χ0) is 27.1. The molecule has 1 atom stereocenters. The summed E-state index contributed by atoms with van der Waals surface area (Å²) in [6.45, 7) is 9.78. The Hall–Kier alpha value is -3.07. The number of aryl methyl sites for hydroxylation is 1. The highest BCUT2D eigenvalue weighted by Crippen LogP contribution is 2.24. The molecule has 0 aromatic heterocycles. The number of methoxy groups -OCH3 is 1. The first-order valence-corrected chi connectivity index (χ1v) is 13.8. The van der Waals surface area contributed by atoms with E-state index in [1.807, 2.05) is 52.0 Å². The molecule has 0 unspecified atom stereocenters. The minimum absolute atomic E-state index is 0.0922. The number of carbonyl (C=O) groups is 2. The number of ether oxygens (including phenoxy) is 1. The van der Waals surface area contributed by atoms with Crippen molar-refractivity contribution in [3.63, 3.8) is 0 Å². The second kappa shape index (κ2) is 12.3. The molecule has 0 bridgehead atoms. The summed E-state index contributed by atoms with van der Waals surface area (Å²) in [5, 5.41) is 2.94. The van der Waals surface area contributed by atoms with Crippen molar-refractivity contribution in [3.8, 4) is 5.75 Å². The molecule has 0 aliphatic rings. The lowest BCUT2D eigenvalue weighted by Crippen LogP contribution is -2.52. The Labute approximate surface area is 215 Å². The lowest BCUT2D eigenvalue weighted by atomic mass is 10.1. The number of hydrogen-bond acceptors (Lipinski definition) is 5. The highest BCUT2D eigenvalue weighted by molar-refractivity contribution is 7.92. The van der Waals surface area contributed by atoms with Gasteiger partial charge in [-0.3, -0.25) is 13.9 Å². The third kappa shape index (κ3) is 8.86. The maximum atomic E-state index is 13.4. The molecular weight excluding hydrogens is 478 g/mol. The van der Waals surface area contributed by atoms with Crippen LogP contribution in [0.15, 0.2) is 48.5 Å². The van der Waals surface area contributed by atoms with E-state index >= 15 is 0 Å². The molecule has 0 saturated heterocycles. The Morgan fingerprint density at radius 1 is 1.08 bits per heavy atom. The van der Waals surface area contributed by atoms with Crippen LogP contribution in [-0.4, -0.2) is 56.6 Å². The summed E-state index contributed by atoms with van der Waals surface area (Å²) in [7, 11) is -2.06. The third-order valence-corrected chi connectivity index (χ3v) is 6.83. The van der Waals surface area contributed by atoms with Gasteiger partial charge in [-0.05, 0) is 58.7 Å². The van der Waals surface area contributed by atoms with Crippen molar-refractivity contribution in [1.82, 2.24) is 10.2 Å². The monoisotopic (exact) mass is 517 g/mol. The van der Waals surface area contributed by atoms with E-state index in [-0.39, 0.29) is 31.3 Å². The van der Waals surface area contributed by atoms with Crippen LogP contribution in [0.3, 0.4) is 0 Å². The Bertz CT molecular complexity index is 1140. The van der Waals surface area contributed by atoms with Crippen LogP contribution in [-0.2, 0) is 26.2 Å². The van der Waals surface area contributed by atoms with Crippen LogP contribution in [0.25, 0.3) is 0 Å². The summed E-state index contributed by atoms with van der Waals surface area (Å²) >= 11 is 0. The first-order chi connectivity index (χ1) is 16.7. The minimum Gasteiger partial charge on any atom is -0.497 e. The molecule has 2 aromatic rings. The van der Waals surface area contributed by atoms with Crippen molar-refractivity contribution in [3.05, 3.63) is 59.7 Å². The fourth-order valence-electron chi connectivity index (χ4n) is 3.72. The fraction of sp³-hybridized carbons (Fsp3) is 0.481. The average molecular weight is 518 g/mol. The van der Waals surface area contributed by atoms with E-state index in [1.54, 1.807) is 36.1 Å². The lowest BCUT2D eigenvalue weighted by Gasteiger charge is -2.32. The van der Waals surface area contributed by atoms with Crippen molar-refractivity contribution < 1.29 is 22.7 Å². The van der Waals surface area contributed by atoms with Crippen LogP contribution < -0.4 is 14.4 Å². The molecule has 9 heteroatoms. The highest BCUT2D eigenvalue weighted by Gasteiger charge is 2.28. The first kappa shape index (κ1) is 29.2. The molecule has 0 saturated carbocycles. The van der Waals surface area contributed by atoms with Gasteiger partial charge in [-0.25, -0.2) is 8.42 Å². The molecular formula is C27H39N3O5S. The van der Waals surface area contributed by atoms with Gasteiger partial charge in [0.1, 0.15) is 11.8 Å². The van der Waals surface area contributed by atoms with E-state index in [9.17, 15) is 18.0 Å². The number of amides is 2. The second-order valence-corrected chi connectivity index (χ2v) is 12.0. The zero-order valence-corrected chi connectivity index (χ0v) is 23.2. The summed E-state index contributed by atoms with van der Waals surface area (Å²) in [6, 6.07) is 13.9. The molecule has 0 heterocycles. The summed E-state index contributed by atoms with van der Waals surface area (Å²) in [5.74, 6) is 0.0866. The molecule has 0 fully saturated rings. The van der Waals surface area contributed by atoms with Gasteiger partial charge in [0.2, 0.25) is 21.8 Å². The SMILES string of the molecule is COc1cccc(N(CCCC(=O)N(Cc2ccc(C)cc2)[C@@H](C)C(=O)NC(C)(C)C)S(C)(=O)=O)c1. The maximum Gasteiger partial charge on any atom is 0.242 e. The third-order valence-electron chi connectivity index (χ3n) is 5.63. The Morgan fingerprint density at radius 2 is 1.72 bits per heavy atom. The van der Waals surface area contributed by atoms with Gasteiger partial charge in [0, 0.05) is 31.1 Å². The molecule has 36 heavy (non-hydrogen) atoms. The van der Waals surface area contributed by atoms with Gasteiger partial charge < -0.3 is 15.0 Å². The number of hydrogen-bond donors (Lipinski definition) is 1. The fourth-order valence-corrected chi connectivity index (χ4v) is 4.67. The molecule has 0 aliphatic carbocycles. The van der Waals surface area contributed by atoms with Crippen LogP contribution in [0.2, 0.25) is 0 Å². The molecule has 1 N–H and O–H groups in total. The molecule has 0 aliphatic heterocycles. The minimum atomic E-state index is -3.58. The number of rotatable bonds is 11. The normalized spacial score (nSPS) is 12.5. The summed E-state index contributed by atoms with van der Waals surface area (Å²) < 4.78 is 31.4. The first-order valence-electron chi connectivity index (χ1n) is 12.0. The van der Waals surface area contributed by atoms with E-state index in [2.05, 4.69) is 5.32 Å². The van der Waals surface area contributed by atoms with Gasteiger partial charge in [0.05, 0.1) is 19.1 Å². The summed E-state index contributed by atoms with van der Waals surface area (Å²) in [5.41, 5.74) is 2.06. The highest BCUT2D eigenvalue weighted by atomic mass is 32.2. The summed E-state index contributed by atoms with van der Waals surface area (Å²) in [4.78, 5) is 27.8. The molecule has 8 nitrogen and oxygen atoms in total. The van der Waals surface area contributed by atoms with E-state index in [4.69, 9.17) is 4.74 Å². The van der Waals surface area contributed by atoms with E-state index in [0.29, 0.717) is 17.9 Å². The van der Waals surface area contributed by atoms with Gasteiger partial charge in [0.25, 0.3) is 0 Å². The average Bonchev–Trinajstić information content (AvgIpc) is 2.79. The number of benzene rings is 2. The van der Waals surface area contributed by atoms with Crippen molar-refractivity contribution in [2.45, 2.75) is 65.6 Å². The van der Waals surface area contributed by atoms with Crippen molar-refractivity contribution in [2.24, 2.45) is 0 Å². The molecule has 0 spiro atoms. The maximum absolute atomic E-state index is 13.4. The van der Waals surface area contributed by atoms with Gasteiger partial charge in [-0.2, -0.15) is 0 Å². The largest absolute Gasteiger partial charge is 0.497 e.